The molecular formula is C16H16ClFO2. The molecule has 0 radical (unpaired) electrons. The van der Waals surface area contributed by atoms with Crippen LogP contribution in [0.5, 0.6) is 5.75 Å². The lowest BCUT2D eigenvalue weighted by atomic mass is 9.89. The van der Waals surface area contributed by atoms with Crippen LogP contribution in [0.25, 0.3) is 0 Å². The van der Waals surface area contributed by atoms with Crippen molar-refractivity contribution in [3.05, 3.63) is 64.4 Å². The van der Waals surface area contributed by atoms with Crippen LogP contribution in [0.1, 0.15) is 18.1 Å². The topological polar surface area (TPSA) is 29.5 Å². The van der Waals surface area contributed by atoms with E-state index in [1.807, 2.05) is 12.1 Å². The van der Waals surface area contributed by atoms with Crippen LogP contribution >= 0.6 is 11.6 Å². The number of methoxy groups -OCH3 is 1. The van der Waals surface area contributed by atoms with Gasteiger partial charge in [0.05, 0.1) is 12.7 Å². The highest BCUT2D eigenvalue weighted by molar-refractivity contribution is 6.30. The van der Waals surface area contributed by atoms with Gasteiger partial charge in [-0.3, -0.25) is 0 Å². The van der Waals surface area contributed by atoms with Gasteiger partial charge >= 0.3 is 0 Å². The number of halogens is 2. The maximum atomic E-state index is 13.7. The molecule has 4 heteroatoms. The first-order chi connectivity index (χ1) is 9.42. The second kappa shape index (κ2) is 5.81. The van der Waals surface area contributed by atoms with Gasteiger partial charge in [-0.15, -0.1) is 0 Å². The minimum atomic E-state index is -1.17. The lowest BCUT2D eigenvalue weighted by Gasteiger charge is -2.24. The Kier molecular flexibility index (Phi) is 4.31. The van der Waals surface area contributed by atoms with Crippen molar-refractivity contribution in [1.82, 2.24) is 0 Å². The molecule has 2 aromatic carbocycles. The van der Waals surface area contributed by atoms with Crippen LogP contribution in [0.2, 0.25) is 5.02 Å². The molecule has 2 rings (SSSR count). The van der Waals surface area contributed by atoms with Crippen LogP contribution in [0.4, 0.5) is 4.39 Å². The van der Waals surface area contributed by atoms with Crippen LogP contribution in [-0.2, 0) is 12.0 Å². The molecule has 1 unspecified atom stereocenters. The Morgan fingerprint density at radius 2 is 1.85 bits per heavy atom. The zero-order chi connectivity index (χ0) is 14.8. The van der Waals surface area contributed by atoms with Crippen molar-refractivity contribution in [3.63, 3.8) is 0 Å². The van der Waals surface area contributed by atoms with Crippen molar-refractivity contribution in [2.45, 2.75) is 18.9 Å². The Morgan fingerprint density at radius 1 is 1.20 bits per heavy atom. The Morgan fingerprint density at radius 3 is 2.40 bits per heavy atom. The molecule has 0 aliphatic rings. The molecule has 0 aliphatic carbocycles. The number of ether oxygens (including phenoxy) is 1. The molecule has 0 amide bonds. The molecule has 0 saturated heterocycles. The predicted octanol–water partition coefficient (Wildman–Crippen LogP) is 3.94. The molecule has 0 spiro atoms. The average molecular weight is 295 g/mol. The number of hydrogen-bond acceptors (Lipinski definition) is 2. The highest BCUT2D eigenvalue weighted by Crippen LogP contribution is 2.29. The summed E-state index contributed by atoms with van der Waals surface area (Å²) in [6.07, 6.45) is 0.371. The second-order valence-electron chi connectivity index (χ2n) is 4.93. The van der Waals surface area contributed by atoms with Gasteiger partial charge < -0.3 is 9.84 Å². The molecule has 1 N–H and O–H groups in total. The van der Waals surface area contributed by atoms with Gasteiger partial charge in [0.1, 0.15) is 0 Å². The van der Waals surface area contributed by atoms with Gasteiger partial charge in [-0.2, -0.15) is 0 Å². The van der Waals surface area contributed by atoms with Crippen LogP contribution in [0.3, 0.4) is 0 Å². The fourth-order valence-corrected chi connectivity index (χ4v) is 2.23. The van der Waals surface area contributed by atoms with Crippen LogP contribution in [-0.4, -0.2) is 12.2 Å². The minimum Gasteiger partial charge on any atom is -0.494 e. The monoisotopic (exact) mass is 294 g/mol. The van der Waals surface area contributed by atoms with Crippen LogP contribution in [0.15, 0.2) is 42.5 Å². The maximum absolute atomic E-state index is 13.7. The third-order valence-electron chi connectivity index (χ3n) is 3.24. The van der Waals surface area contributed by atoms with E-state index < -0.39 is 11.4 Å². The Hall–Kier alpha value is -1.58. The van der Waals surface area contributed by atoms with Crippen LogP contribution < -0.4 is 4.74 Å². The lowest BCUT2D eigenvalue weighted by molar-refractivity contribution is 0.0572. The van der Waals surface area contributed by atoms with Crippen molar-refractivity contribution in [3.8, 4) is 5.75 Å². The number of aliphatic hydroxyl groups is 1. The van der Waals surface area contributed by atoms with Crippen molar-refractivity contribution >= 4 is 11.6 Å². The molecule has 0 aromatic heterocycles. The quantitative estimate of drug-likeness (QED) is 0.925. The van der Waals surface area contributed by atoms with Gasteiger partial charge in [-0.1, -0.05) is 29.8 Å². The average Bonchev–Trinajstić information content (AvgIpc) is 2.41. The number of benzene rings is 2. The number of hydrogen-bond donors (Lipinski definition) is 1. The summed E-state index contributed by atoms with van der Waals surface area (Å²) >= 11 is 5.83. The van der Waals surface area contributed by atoms with E-state index in [0.717, 1.165) is 5.56 Å². The molecule has 0 saturated carbocycles. The summed E-state index contributed by atoms with van der Waals surface area (Å²) in [7, 11) is 1.41. The minimum absolute atomic E-state index is 0.163. The zero-order valence-electron chi connectivity index (χ0n) is 11.4. The van der Waals surface area contributed by atoms with Crippen molar-refractivity contribution in [1.29, 1.82) is 0 Å². The molecule has 0 bridgehead atoms. The van der Waals surface area contributed by atoms with Gasteiger partial charge in [0, 0.05) is 11.4 Å². The van der Waals surface area contributed by atoms with Gasteiger partial charge in [0.25, 0.3) is 0 Å². The summed E-state index contributed by atoms with van der Waals surface area (Å²) in [5.74, 6) is -0.322. The summed E-state index contributed by atoms with van der Waals surface area (Å²) < 4.78 is 18.6. The van der Waals surface area contributed by atoms with Crippen molar-refractivity contribution < 1.29 is 14.2 Å². The van der Waals surface area contributed by atoms with E-state index >= 15 is 0 Å². The molecule has 20 heavy (non-hydrogen) atoms. The van der Waals surface area contributed by atoms with E-state index in [1.165, 1.54) is 19.2 Å². The van der Waals surface area contributed by atoms with Crippen molar-refractivity contribution in [2.75, 3.05) is 7.11 Å². The number of rotatable bonds is 4. The summed E-state index contributed by atoms with van der Waals surface area (Å²) in [5, 5.41) is 11.2. The molecule has 0 heterocycles. The van der Waals surface area contributed by atoms with E-state index in [4.69, 9.17) is 16.3 Å². The Balaban J connectivity index is 2.25. The molecule has 106 valence electrons. The first-order valence-electron chi connectivity index (χ1n) is 6.23. The Labute approximate surface area is 122 Å². The normalized spacial score (nSPS) is 13.8. The summed E-state index contributed by atoms with van der Waals surface area (Å²) in [6.45, 7) is 1.66. The zero-order valence-corrected chi connectivity index (χ0v) is 12.1. The first-order valence-corrected chi connectivity index (χ1v) is 6.61. The SMILES string of the molecule is COc1ccc(C(C)(O)Cc2ccc(Cl)cc2)cc1F. The smallest absolute Gasteiger partial charge is 0.165 e. The standard InChI is InChI=1S/C16H16ClFO2/c1-16(19,10-11-3-6-13(17)7-4-11)12-5-8-15(20-2)14(18)9-12/h3-9,19H,10H2,1-2H3. The summed E-state index contributed by atoms with van der Waals surface area (Å²) in [6, 6.07) is 11.7. The fourth-order valence-electron chi connectivity index (χ4n) is 2.10. The molecule has 0 aliphatic heterocycles. The highest BCUT2D eigenvalue weighted by atomic mass is 35.5. The van der Waals surface area contributed by atoms with Gasteiger partial charge in [0.15, 0.2) is 11.6 Å². The van der Waals surface area contributed by atoms with E-state index in [1.54, 1.807) is 25.1 Å². The molecule has 2 nitrogen and oxygen atoms in total. The van der Waals surface area contributed by atoms with E-state index in [2.05, 4.69) is 0 Å². The summed E-state index contributed by atoms with van der Waals surface area (Å²) in [5.41, 5.74) is 0.266. The second-order valence-corrected chi connectivity index (χ2v) is 5.36. The van der Waals surface area contributed by atoms with Gasteiger partial charge in [0.2, 0.25) is 0 Å². The molecular weight excluding hydrogens is 279 g/mol. The first kappa shape index (κ1) is 14.8. The largest absolute Gasteiger partial charge is 0.494 e. The highest BCUT2D eigenvalue weighted by Gasteiger charge is 2.24. The molecule has 1 atom stereocenters. The van der Waals surface area contributed by atoms with E-state index in [9.17, 15) is 9.50 Å². The summed E-state index contributed by atoms with van der Waals surface area (Å²) in [4.78, 5) is 0. The third kappa shape index (κ3) is 3.30. The third-order valence-corrected chi connectivity index (χ3v) is 3.49. The van der Waals surface area contributed by atoms with E-state index in [0.29, 0.717) is 17.0 Å². The van der Waals surface area contributed by atoms with E-state index in [-0.39, 0.29) is 5.75 Å². The predicted molar refractivity (Wildman–Crippen MR) is 77.7 cm³/mol. The fraction of sp³-hybridized carbons (Fsp3) is 0.250. The Bertz CT molecular complexity index is 594. The molecule has 2 aromatic rings. The molecule has 0 fully saturated rings. The van der Waals surface area contributed by atoms with Gasteiger partial charge in [-0.05, 0) is 42.3 Å². The maximum Gasteiger partial charge on any atom is 0.165 e. The van der Waals surface area contributed by atoms with Crippen molar-refractivity contribution in [2.24, 2.45) is 0 Å². The lowest BCUT2D eigenvalue weighted by Crippen LogP contribution is -2.24. The van der Waals surface area contributed by atoms with Gasteiger partial charge in [-0.25, -0.2) is 4.39 Å². The van der Waals surface area contributed by atoms with Crippen LogP contribution in [0, 0.1) is 5.82 Å².